The van der Waals surface area contributed by atoms with Crippen LogP contribution in [0.4, 0.5) is 5.82 Å². The Hall–Kier alpha value is -0.810. The third-order valence-electron chi connectivity index (χ3n) is 1.18. The molecule has 0 amide bonds. The minimum atomic E-state index is 0.127. The van der Waals surface area contributed by atoms with Crippen LogP contribution in [0.5, 0.6) is 0 Å². The summed E-state index contributed by atoms with van der Waals surface area (Å²) in [6.45, 7) is 1.99. The summed E-state index contributed by atoms with van der Waals surface area (Å²) in [6, 6.07) is 1.71. The van der Waals surface area contributed by atoms with Gasteiger partial charge in [-0.15, -0.1) is 0 Å². The summed E-state index contributed by atoms with van der Waals surface area (Å²) in [7, 11) is 0. The molecule has 0 aliphatic rings. The highest BCUT2D eigenvalue weighted by atomic mass is 32.2. The standard InChI is InChI=1S/C7H11N3OS/c1-5-4-6(8)10-7(9-5)12-3-2-11/h4,11H,2-3H2,1H3,(H2,8,9,10). The van der Waals surface area contributed by atoms with Crippen LogP contribution in [0.15, 0.2) is 11.2 Å². The zero-order valence-corrected chi connectivity index (χ0v) is 7.64. The van der Waals surface area contributed by atoms with Crippen LogP contribution in [0, 0.1) is 6.92 Å². The summed E-state index contributed by atoms with van der Waals surface area (Å²) in [5.41, 5.74) is 6.35. The highest BCUT2D eigenvalue weighted by Crippen LogP contribution is 2.13. The number of nitrogens with two attached hydrogens (primary N) is 1. The van der Waals surface area contributed by atoms with E-state index in [0.717, 1.165) is 5.69 Å². The molecule has 0 saturated carbocycles. The molecule has 0 spiro atoms. The van der Waals surface area contributed by atoms with Crippen LogP contribution >= 0.6 is 11.8 Å². The first-order valence-electron chi connectivity index (χ1n) is 3.57. The Morgan fingerprint density at radius 1 is 1.58 bits per heavy atom. The summed E-state index contributed by atoms with van der Waals surface area (Å²) in [5, 5.41) is 9.18. The van der Waals surface area contributed by atoms with Crippen molar-refractivity contribution in [2.75, 3.05) is 18.1 Å². The number of rotatable bonds is 3. The van der Waals surface area contributed by atoms with Gasteiger partial charge in [-0.3, -0.25) is 0 Å². The number of aryl methyl sites for hydroxylation is 1. The van der Waals surface area contributed by atoms with Gasteiger partial charge < -0.3 is 10.8 Å². The monoisotopic (exact) mass is 185 g/mol. The minimum Gasteiger partial charge on any atom is -0.396 e. The lowest BCUT2D eigenvalue weighted by Gasteiger charge is -2.00. The van der Waals surface area contributed by atoms with Crippen LogP contribution in [0.3, 0.4) is 0 Å². The molecule has 0 atom stereocenters. The molecule has 5 heteroatoms. The lowest BCUT2D eigenvalue weighted by molar-refractivity contribution is 0.322. The molecule has 1 rings (SSSR count). The van der Waals surface area contributed by atoms with Gasteiger partial charge >= 0.3 is 0 Å². The van der Waals surface area contributed by atoms with Crippen LogP contribution in [0.25, 0.3) is 0 Å². The molecule has 3 N–H and O–H groups in total. The van der Waals surface area contributed by atoms with E-state index >= 15 is 0 Å². The predicted molar refractivity (Wildman–Crippen MR) is 49.0 cm³/mol. The number of aromatic nitrogens is 2. The number of thioether (sulfide) groups is 1. The summed E-state index contributed by atoms with van der Waals surface area (Å²) in [4.78, 5) is 8.12. The van der Waals surface area contributed by atoms with Crippen LogP contribution in [0.2, 0.25) is 0 Å². The second-order valence-electron chi connectivity index (χ2n) is 2.29. The van der Waals surface area contributed by atoms with E-state index in [1.807, 2.05) is 6.92 Å². The fourth-order valence-electron chi connectivity index (χ4n) is 0.766. The van der Waals surface area contributed by atoms with Crippen molar-refractivity contribution in [3.8, 4) is 0 Å². The van der Waals surface area contributed by atoms with Gasteiger partial charge in [0.2, 0.25) is 0 Å². The summed E-state index contributed by atoms with van der Waals surface area (Å²) in [6.07, 6.45) is 0. The number of anilines is 1. The third kappa shape index (κ3) is 2.67. The van der Waals surface area contributed by atoms with E-state index in [2.05, 4.69) is 9.97 Å². The molecular weight excluding hydrogens is 174 g/mol. The maximum Gasteiger partial charge on any atom is 0.189 e. The van der Waals surface area contributed by atoms with Gasteiger partial charge in [-0.05, 0) is 6.92 Å². The van der Waals surface area contributed by atoms with E-state index in [-0.39, 0.29) is 6.61 Å². The van der Waals surface area contributed by atoms with E-state index in [9.17, 15) is 0 Å². The van der Waals surface area contributed by atoms with Gasteiger partial charge in [0.15, 0.2) is 5.16 Å². The van der Waals surface area contributed by atoms with Crippen LogP contribution < -0.4 is 5.73 Å². The molecule has 0 saturated heterocycles. The smallest absolute Gasteiger partial charge is 0.189 e. The van der Waals surface area contributed by atoms with E-state index in [0.29, 0.717) is 16.7 Å². The van der Waals surface area contributed by atoms with Crippen molar-refractivity contribution in [3.05, 3.63) is 11.8 Å². The normalized spacial score (nSPS) is 10.2. The van der Waals surface area contributed by atoms with E-state index in [1.54, 1.807) is 6.07 Å². The minimum absolute atomic E-state index is 0.127. The SMILES string of the molecule is Cc1cc(N)nc(SCCO)n1. The molecule has 0 radical (unpaired) electrons. The topological polar surface area (TPSA) is 72.0 Å². The largest absolute Gasteiger partial charge is 0.396 e. The Balaban J connectivity index is 2.72. The Bertz CT molecular complexity index is 247. The lowest BCUT2D eigenvalue weighted by atomic mass is 10.4. The summed E-state index contributed by atoms with van der Waals surface area (Å²) in [5.74, 6) is 1.08. The fraction of sp³-hybridized carbons (Fsp3) is 0.429. The van der Waals surface area contributed by atoms with Gasteiger partial charge in [-0.2, -0.15) is 0 Å². The van der Waals surface area contributed by atoms with E-state index < -0.39 is 0 Å². The van der Waals surface area contributed by atoms with Crippen LogP contribution in [0.1, 0.15) is 5.69 Å². The van der Waals surface area contributed by atoms with Crippen molar-refractivity contribution >= 4 is 17.6 Å². The van der Waals surface area contributed by atoms with Crippen molar-refractivity contribution in [1.82, 2.24) is 9.97 Å². The quantitative estimate of drug-likeness (QED) is 0.528. The van der Waals surface area contributed by atoms with Crippen LogP contribution in [-0.4, -0.2) is 27.4 Å². The van der Waals surface area contributed by atoms with E-state index in [4.69, 9.17) is 10.8 Å². The number of aliphatic hydroxyl groups excluding tert-OH is 1. The molecule has 1 aromatic rings. The molecule has 1 aromatic heterocycles. The van der Waals surface area contributed by atoms with Crippen LogP contribution in [-0.2, 0) is 0 Å². The molecule has 0 aliphatic heterocycles. The molecule has 12 heavy (non-hydrogen) atoms. The number of hydrogen-bond acceptors (Lipinski definition) is 5. The maximum absolute atomic E-state index is 8.56. The zero-order valence-electron chi connectivity index (χ0n) is 6.82. The van der Waals surface area contributed by atoms with Gasteiger partial charge in [-0.25, -0.2) is 9.97 Å². The molecule has 0 unspecified atom stereocenters. The van der Waals surface area contributed by atoms with Gasteiger partial charge in [0.25, 0.3) is 0 Å². The number of nitrogen functional groups attached to an aromatic ring is 1. The molecule has 0 fully saturated rings. The molecule has 66 valence electrons. The maximum atomic E-state index is 8.56. The first-order valence-corrected chi connectivity index (χ1v) is 4.56. The summed E-state index contributed by atoms with van der Waals surface area (Å²) < 4.78 is 0. The Morgan fingerprint density at radius 3 is 2.92 bits per heavy atom. The second-order valence-corrected chi connectivity index (χ2v) is 3.35. The fourth-order valence-corrected chi connectivity index (χ4v) is 1.42. The average Bonchev–Trinajstić information content (AvgIpc) is 1.99. The molecule has 4 nitrogen and oxygen atoms in total. The number of aliphatic hydroxyl groups is 1. The van der Waals surface area contributed by atoms with Crippen molar-refractivity contribution in [1.29, 1.82) is 0 Å². The number of hydrogen-bond donors (Lipinski definition) is 2. The highest BCUT2D eigenvalue weighted by Gasteiger charge is 1.99. The van der Waals surface area contributed by atoms with Gasteiger partial charge in [0, 0.05) is 17.5 Å². The first kappa shape index (κ1) is 9.28. The Labute approximate surface area is 75.2 Å². The van der Waals surface area contributed by atoms with Gasteiger partial charge in [0.1, 0.15) is 5.82 Å². The second kappa shape index (κ2) is 4.27. The molecular formula is C7H11N3OS. The van der Waals surface area contributed by atoms with Gasteiger partial charge in [-0.1, -0.05) is 11.8 Å². The van der Waals surface area contributed by atoms with E-state index in [1.165, 1.54) is 11.8 Å². The average molecular weight is 185 g/mol. The zero-order chi connectivity index (χ0) is 8.97. The Kier molecular flexibility index (Phi) is 3.31. The first-order chi connectivity index (χ1) is 5.72. The molecule has 0 aromatic carbocycles. The molecule has 1 heterocycles. The van der Waals surface area contributed by atoms with Gasteiger partial charge in [0.05, 0.1) is 6.61 Å². The van der Waals surface area contributed by atoms with Crippen molar-refractivity contribution in [3.63, 3.8) is 0 Å². The molecule has 0 aliphatic carbocycles. The van der Waals surface area contributed by atoms with Crippen molar-refractivity contribution in [2.24, 2.45) is 0 Å². The Morgan fingerprint density at radius 2 is 2.33 bits per heavy atom. The molecule has 0 bridgehead atoms. The van der Waals surface area contributed by atoms with Crippen molar-refractivity contribution in [2.45, 2.75) is 12.1 Å². The summed E-state index contributed by atoms with van der Waals surface area (Å²) >= 11 is 1.40. The van der Waals surface area contributed by atoms with Crippen molar-refractivity contribution < 1.29 is 5.11 Å². The number of nitrogens with zero attached hydrogens (tertiary/aromatic N) is 2. The highest BCUT2D eigenvalue weighted by molar-refractivity contribution is 7.99. The lowest BCUT2D eigenvalue weighted by Crippen LogP contribution is -1.97. The third-order valence-corrected chi connectivity index (χ3v) is 2.00. The predicted octanol–water partition coefficient (Wildman–Crippen LogP) is 0.452.